The SMILES string of the molecule is CN(C)CCCCC/C=C/C(=O)O. The van der Waals surface area contributed by atoms with Gasteiger partial charge in [-0.15, -0.1) is 0 Å². The highest BCUT2D eigenvalue weighted by Gasteiger charge is 1.90. The van der Waals surface area contributed by atoms with Crippen LogP contribution in [0.15, 0.2) is 12.2 Å². The van der Waals surface area contributed by atoms with Crippen molar-refractivity contribution in [2.45, 2.75) is 25.7 Å². The summed E-state index contributed by atoms with van der Waals surface area (Å²) in [6.45, 7) is 1.11. The predicted molar refractivity (Wildman–Crippen MR) is 53.8 cm³/mol. The van der Waals surface area contributed by atoms with Gasteiger partial charge in [-0.3, -0.25) is 0 Å². The second-order valence-electron chi connectivity index (χ2n) is 3.39. The minimum absolute atomic E-state index is 0.853. The molecule has 0 aliphatic carbocycles. The number of hydrogen-bond acceptors (Lipinski definition) is 2. The van der Waals surface area contributed by atoms with Crippen LogP contribution in [0.4, 0.5) is 0 Å². The van der Waals surface area contributed by atoms with E-state index in [-0.39, 0.29) is 0 Å². The summed E-state index contributed by atoms with van der Waals surface area (Å²) in [5, 5.41) is 8.30. The Balaban J connectivity index is 3.13. The summed E-state index contributed by atoms with van der Waals surface area (Å²) < 4.78 is 0. The predicted octanol–water partition coefficient (Wildman–Crippen LogP) is 1.75. The first-order chi connectivity index (χ1) is 6.13. The average molecular weight is 185 g/mol. The number of allylic oxidation sites excluding steroid dienone is 1. The van der Waals surface area contributed by atoms with Crippen LogP contribution in [0.5, 0.6) is 0 Å². The zero-order chi connectivity index (χ0) is 10.1. The summed E-state index contributed by atoms with van der Waals surface area (Å²) in [6.07, 6.45) is 7.25. The van der Waals surface area contributed by atoms with E-state index in [2.05, 4.69) is 19.0 Å². The van der Waals surface area contributed by atoms with Crippen molar-refractivity contribution >= 4 is 5.97 Å². The lowest BCUT2D eigenvalue weighted by Gasteiger charge is -2.07. The van der Waals surface area contributed by atoms with Gasteiger partial charge < -0.3 is 10.0 Å². The minimum atomic E-state index is -0.853. The third-order valence-electron chi connectivity index (χ3n) is 1.74. The molecule has 0 atom stereocenters. The number of carbonyl (C=O) groups is 1. The molecule has 0 rings (SSSR count). The van der Waals surface area contributed by atoms with Crippen LogP contribution < -0.4 is 0 Å². The number of aliphatic carboxylic acids is 1. The van der Waals surface area contributed by atoms with Crippen molar-refractivity contribution in [1.29, 1.82) is 0 Å². The van der Waals surface area contributed by atoms with Gasteiger partial charge in [-0.2, -0.15) is 0 Å². The van der Waals surface area contributed by atoms with Crippen molar-refractivity contribution in [3.63, 3.8) is 0 Å². The Morgan fingerprint density at radius 2 is 2.00 bits per heavy atom. The molecule has 0 radical (unpaired) electrons. The fourth-order valence-electron chi connectivity index (χ4n) is 1.05. The molecule has 1 N–H and O–H groups in total. The van der Waals surface area contributed by atoms with Crippen LogP contribution in [0.2, 0.25) is 0 Å². The molecule has 0 aromatic carbocycles. The molecule has 3 heteroatoms. The Morgan fingerprint density at radius 1 is 1.31 bits per heavy atom. The van der Waals surface area contributed by atoms with E-state index in [1.54, 1.807) is 6.08 Å². The van der Waals surface area contributed by atoms with Gasteiger partial charge in [-0.1, -0.05) is 12.5 Å². The van der Waals surface area contributed by atoms with Gasteiger partial charge in [0.1, 0.15) is 0 Å². The maximum absolute atomic E-state index is 10.1. The molecule has 0 unspecified atom stereocenters. The molecular formula is C10H19NO2. The van der Waals surface area contributed by atoms with Crippen LogP contribution in [0.25, 0.3) is 0 Å². The Hall–Kier alpha value is -0.830. The van der Waals surface area contributed by atoms with Crippen molar-refractivity contribution in [2.24, 2.45) is 0 Å². The van der Waals surface area contributed by atoms with Gasteiger partial charge in [0.2, 0.25) is 0 Å². The Bertz CT molecular complexity index is 164. The summed E-state index contributed by atoms with van der Waals surface area (Å²) in [5.74, 6) is -0.853. The molecule has 0 spiro atoms. The zero-order valence-corrected chi connectivity index (χ0v) is 8.49. The topological polar surface area (TPSA) is 40.5 Å². The maximum atomic E-state index is 10.1. The van der Waals surface area contributed by atoms with Gasteiger partial charge in [0.05, 0.1) is 0 Å². The lowest BCUT2D eigenvalue weighted by Crippen LogP contribution is -2.12. The van der Waals surface area contributed by atoms with Gasteiger partial charge in [0, 0.05) is 6.08 Å². The van der Waals surface area contributed by atoms with Crippen LogP contribution in [-0.2, 0) is 4.79 Å². The summed E-state index contributed by atoms with van der Waals surface area (Å²) in [7, 11) is 4.12. The average Bonchev–Trinajstić information content (AvgIpc) is 2.01. The lowest BCUT2D eigenvalue weighted by molar-refractivity contribution is -0.131. The molecule has 0 amide bonds. The second-order valence-corrected chi connectivity index (χ2v) is 3.39. The quantitative estimate of drug-likeness (QED) is 0.485. The Morgan fingerprint density at radius 3 is 2.54 bits per heavy atom. The monoisotopic (exact) mass is 185 g/mol. The fourth-order valence-corrected chi connectivity index (χ4v) is 1.05. The Labute approximate surface area is 80.0 Å². The van der Waals surface area contributed by atoms with E-state index in [1.165, 1.54) is 18.9 Å². The first-order valence-electron chi connectivity index (χ1n) is 4.67. The molecule has 3 nitrogen and oxygen atoms in total. The van der Waals surface area contributed by atoms with Crippen molar-refractivity contribution < 1.29 is 9.90 Å². The molecule has 0 aliphatic rings. The van der Waals surface area contributed by atoms with E-state index in [9.17, 15) is 4.79 Å². The summed E-state index contributed by atoms with van der Waals surface area (Å²) in [5.41, 5.74) is 0. The van der Waals surface area contributed by atoms with Crippen molar-refractivity contribution in [2.75, 3.05) is 20.6 Å². The molecule has 0 aliphatic heterocycles. The van der Waals surface area contributed by atoms with Gasteiger partial charge in [-0.25, -0.2) is 4.79 Å². The number of unbranched alkanes of at least 4 members (excludes halogenated alkanes) is 3. The highest BCUT2D eigenvalue weighted by atomic mass is 16.4. The number of carboxylic acids is 1. The first kappa shape index (κ1) is 12.2. The van der Waals surface area contributed by atoms with Crippen molar-refractivity contribution in [1.82, 2.24) is 4.90 Å². The first-order valence-corrected chi connectivity index (χ1v) is 4.67. The maximum Gasteiger partial charge on any atom is 0.327 e. The number of nitrogens with zero attached hydrogens (tertiary/aromatic N) is 1. The molecular weight excluding hydrogens is 166 g/mol. The van der Waals surface area contributed by atoms with Crippen LogP contribution in [0, 0.1) is 0 Å². The molecule has 0 aromatic rings. The van der Waals surface area contributed by atoms with Crippen molar-refractivity contribution in [3.05, 3.63) is 12.2 Å². The molecule has 0 bridgehead atoms. The molecule has 0 fully saturated rings. The standard InChI is InChI=1S/C10H19NO2/c1-11(2)9-7-5-3-4-6-8-10(12)13/h6,8H,3-5,7,9H2,1-2H3,(H,12,13)/b8-6+. The second kappa shape index (κ2) is 7.80. The number of rotatable bonds is 7. The van der Waals surface area contributed by atoms with Crippen molar-refractivity contribution in [3.8, 4) is 0 Å². The van der Waals surface area contributed by atoms with Gasteiger partial charge in [-0.05, 0) is 39.9 Å². The van der Waals surface area contributed by atoms with E-state index in [0.717, 1.165) is 19.4 Å². The van der Waals surface area contributed by atoms with Gasteiger partial charge in [0.25, 0.3) is 0 Å². The van der Waals surface area contributed by atoms with Crippen LogP contribution in [0.1, 0.15) is 25.7 Å². The van der Waals surface area contributed by atoms with Gasteiger partial charge >= 0.3 is 5.97 Å². The highest BCUT2D eigenvalue weighted by Crippen LogP contribution is 2.00. The molecule has 0 aromatic heterocycles. The molecule has 0 saturated heterocycles. The van der Waals surface area contributed by atoms with E-state index in [0.29, 0.717) is 0 Å². The zero-order valence-electron chi connectivity index (χ0n) is 8.49. The minimum Gasteiger partial charge on any atom is -0.478 e. The van der Waals surface area contributed by atoms with Crippen LogP contribution in [-0.4, -0.2) is 36.6 Å². The van der Waals surface area contributed by atoms with Crippen LogP contribution in [0.3, 0.4) is 0 Å². The largest absolute Gasteiger partial charge is 0.478 e. The van der Waals surface area contributed by atoms with Crippen LogP contribution >= 0.6 is 0 Å². The third kappa shape index (κ3) is 11.2. The van der Waals surface area contributed by atoms with E-state index in [4.69, 9.17) is 5.11 Å². The third-order valence-corrected chi connectivity index (χ3v) is 1.74. The molecule has 13 heavy (non-hydrogen) atoms. The summed E-state index contributed by atoms with van der Waals surface area (Å²) >= 11 is 0. The van der Waals surface area contributed by atoms with E-state index < -0.39 is 5.97 Å². The van der Waals surface area contributed by atoms with E-state index in [1.807, 2.05) is 0 Å². The highest BCUT2D eigenvalue weighted by molar-refractivity contribution is 5.79. The Kier molecular flexibility index (Phi) is 7.30. The number of carboxylic acid groups (broad SMARTS) is 1. The smallest absolute Gasteiger partial charge is 0.327 e. The lowest BCUT2D eigenvalue weighted by atomic mass is 10.2. The normalized spacial score (nSPS) is 11.3. The summed E-state index contributed by atoms with van der Waals surface area (Å²) in [4.78, 5) is 12.2. The molecule has 0 saturated carbocycles. The van der Waals surface area contributed by atoms with E-state index >= 15 is 0 Å². The molecule has 0 heterocycles. The molecule has 76 valence electrons. The van der Waals surface area contributed by atoms with Gasteiger partial charge in [0.15, 0.2) is 0 Å². The fraction of sp³-hybridized carbons (Fsp3) is 0.700. The number of hydrogen-bond donors (Lipinski definition) is 1. The summed E-state index contributed by atoms with van der Waals surface area (Å²) in [6, 6.07) is 0.